The lowest BCUT2D eigenvalue weighted by Crippen LogP contribution is -2.55. The lowest BCUT2D eigenvalue weighted by atomic mass is 9.79. The fourth-order valence-corrected chi connectivity index (χ4v) is 4.73. The monoisotopic (exact) mass is 355 g/mol. The average Bonchev–Trinajstić information content (AvgIpc) is 3.47. The van der Waals surface area contributed by atoms with Gasteiger partial charge in [-0.1, -0.05) is 30.3 Å². The van der Waals surface area contributed by atoms with E-state index in [0.717, 1.165) is 50.2 Å². The number of nitrogens with zero attached hydrogens (tertiary/aromatic N) is 1. The highest BCUT2D eigenvalue weighted by Crippen LogP contribution is 2.31. The molecule has 26 heavy (non-hydrogen) atoms. The van der Waals surface area contributed by atoms with E-state index in [-0.39, 0.29) is 5.91 Å². The molecule has 4 nitrogen and oxygen atoms in total. The minimum absolute atomic E-state index is 0.250. The topological polar surface area (TPSA) is 44.4 Å². The van der Waals surface area contributed by atoms with E-state index in [9.17, 15) is 4.79 Å². The summed E-state index contributed by atoms with van der Waals surface area (Å²) in [6.07, 6.45) is 6.79. The van der Waals surface area contributed by atoms with Crippen LogP contribution in [0, 0.1) is 17.8 Å². The number of nitrogens with one attached hydrogen (secondary N) is 2. The highest BCUT2D eigenvalue weighted by molar-refractivity contribution is 5.75. The predicted octanol–water partition coefficient (Wildman–Crippen LogP) is 2.79. The molecule has 0 aromatic heterocycles. The Balaban J connectivity index is 1.21. The van der Waals surface area contributed by atoms with Crippen molar-refractivity contribution >= 4 is 5.91 Å². The number of hydrogen-bond acceptors (Lipinski definition) is 3. The highest BCUT2D eigenvalue weighted by Gasteiger charge is 2.36. The SMILES string of the molecule is O=C(CCC[C@H]1NCC2CC1CN(Cc1ccccc1)C2)NCC1CC1. The number of piperidine rings is 2. The van der Waals surface area contributed by atoms with Crippen molar-refractivity contribution in [1.82, 2.24) is 15.5 Å². The molecule has 2 bridgehead atoms. The number of likely N-dealkylation sites (tertiary alicyclic amines) is 1. The van der Waals surface area contributed by atoms with E-state index in [1.807, 2.05) is 0 Å². The molecule has 3 fully saturated rings. The van der Waals surface area contributed by atoms with Crippen LogP contribution in [0.4, 0.5) is 0 Å². The van der Waals surface area contributed by atoms with Crippen molar-refractivity contribution in [3.05, 3.63) is 35.9 Å². The van der Waals surface area contributed by atoms with Gasteiger partial charge in [-0.2, -0.15) is 0 Å². The molecule has 2 heterocycles. The number of fused-ring (bicyclic) bond motifs is 2. The highest BCUT2D eigenvalue weighted by atomic mass is 16.1. The third kappa shape index (κ3) is 5.08. The van der Waals surface area contributed by atoms with E-state index < -0.39 is 0 Å². The summed E-state index contributed by atoms with van der Waals surface area (Å²) in [5.41, 5.74) is 1.42. The molecule has 1 saturated carbocycles. The molecule has 2 N–H and O–H groups in total. The quantitative estimate of drug-likeness (QED) is 0.754. The van der Waals surface area contributed by atoms with Crippen LogP contribution in [0.2, 0.25) is 0 Å². The fourth-order valence-electron chi connectivity index (χ4n) is 4.73. The molecular formula is C22H33N3O. The van der Waals surface area contributed by atoms with Gasteiger partial charge < -0.3 is 10.6 Å². The van der Waals surface area contributed by atoms with Gasteiger partial charge in [0.05, 0.1) is 0 Å². The Hall–Kier alpha value is -1.39. The van der Waals surface area contributed by atoms with Gasteiger partial charge >= 0.3 is 0 Å². The molecule has 1 aromatic rings. The Kier molecular flexibility index (Phi) is 5.91. The molecule has 3 atom stereocenters. The van der Waals surface area contributed by atoms with Crippen molar-refractivity contribution < 1.29 is 4.79 Å². The van der Waals surface area contributed by atoms with Crippen LogP contribution >= 0.6 is 0 Å². The van der Waals surface area contributed by atoms with Crippen LogP contribution in [0.5, 0.6) is 0 Å². The molecular weight excluding hydrogens is 322 g/mol. The minimum atomic E-state index is 0.250. The van der Waals surface area contributed by atoms with Crippen LogP contribution < -0.4 is 10.6 Å². The zero-order chi connectivity index (χ0) is 17.8. The first-order chi connectivity index (χ1) is 12.8. The maximum atomic E-state index is 11.9. The van der Waals surface area contributed by atoms with E-state index in [2.05, 4.69) is 45.9 Å². The number of benzene rings is 1. The van der Waals surface area contributed by atoms with Gasteiger partial charge in [-0.15, -0.1) is 0 Å². The standard InChI is InChI=1S/C22H33N3O/c26-22(24-12-17-9-10-17)8-4-7-21-20-11-19(13-23-21)15-25(16-20)14-18-5-2-1-3-6-18/h1-3,5-6,17,19-21,23H,4,7-16H2,(H,24,26)/t19?,20?,21-/m1/s1. The maximum absolute atomic E-state index is 11.9. The van der Waals surface area contributed by atoms with Crippen LogP contribution in [0.25, 0.3) is 0 Å². The molecule has 142 valence electrons. The summed E-state index contributed by atoms with van der Waals surface area (Å²) in [5.74, 6) is 2.55. The van der Waals surface area contributed by atoms with Gasteiger partial charge in [-0.3, -0.25) is 9.69 Å². The molecule has 1 aromatic carbocycles. The molecule has 4 rings (SSSR count). The second-order valence-electron chi connectivity index (χ2n) is 8.70. The Labute approximate surface area is 157 Å². The van der Waals surface area contributed by atoms with Gasteiger partial charge in [-0.25, -0.2) is 0 Å². The molecule has 1 amide bonds. The summed E-state index contributed by atoms with van der Waals surface area (Å²) >= 11 is 0. The molecule has 2 saturated heterocycles. The molecule has 0 spiro atoms. The second-order valence-corrected chi connectivity index (χ2v) is 8.70. The molecule has 0 radical (unpaired) electrons. The summed E-state index contributed by atoms with van der Waals surface area (Å²) in [6, 6.07) is 11.4. The van der Waals surface area contributed by atoms with Crippen LogP contribution in [0.1, 0.15) is 44.1 Å². The van der Waals surface area contributed by atoms with Crippen molar-refractivity contribution in [3.8, 4) is 0 Å². The summed E-state index contributed by atoms with van der Waals surface area (Å²) in [4.78, 5) is 14.6. The molecule has 3 aliphatic rings. The first-order valence-corrected chi connectivity index (χ1v) is 10.5. The maximum Gasteiger partial charge on any atom is 0.220 e. The first-order valence-electron chi connectivity index (χ1n) is 10.5. The third-order valence-corrected chi connectivity index (χ3v) is 6.34. The smallest absolute Gasteiger partial charge is 0.220 e. The normalized spacial score (nSPS) is 28.7. The van der Waals surface area contributed by atoms with E-state index in [4.69, 9.17) is 0 Å². The molecule has 2 unspecified atom stereocenters. The number of hydrogen-bond donors (Lipinski definition) is 2. The average molecular weight is 356 g/mol. The van der Waals surface area contributed by atoms with Crippen molar-refractivity contribution in [3.63, 3.8) is 0 Å². The fraction of sp³-hybridized carbons (Fsp3) is 0.682. The van der Waals surface area contributed by atoms with Gasteiger partial charge in [-0.05, 0) is 62.0 Å². The van der Waals surface area contributed by atoms with Gasteiger partial charge in [0.25, 0.3) is 0 Å². The Bertz CT molecular complexity index is 586. The van der Waals surface area contributed by atoms with Crippen molar-refractivity contribution in [1.29, 1.82) is 0 Å². The zero-order valence-electron chi connectivity index (χ0n) is 15.8. The second kappa shape index (κ2) is 8.53. The number of amides is 1. The van der Waals surface area contributed by atoms with Crippen LogP contribution in [0.15, 0.2) is 30.3 Å². The van der Waals surface area contributed by atoms with Gasteiger partial charge in [0, 0.05) is 38.6 Å². The molecule has 4 heteroatoms. The van der Waals surface area contributed by atoms with Gasteiger partial charge in [0.2, 0.25) is 5.91 Å². The van der Waals surface area contributed by atoms with E-state index in [0.29, 0.717) is 12.5 Å². The zero-order valence-corrected chi connectivity index (χ0v) is 15.8. The summed E-state index contributed by atoms with van der Waals surface area (Å²) < 4.78 is 0. The third-order valence-electron chi connectivity index (χ3n) is 6.34. The van der Waals surface area contributed by atoms with Crippen LogP contribution in [-0.2, 0) is 11.3 Å². The molecule has 2 aliphatic heterocycles. The predicted molar refractivity (Wildman–Crippen MR) is 105 cm³/mol. The minimum Gasteiger partial charge on any atom is -0.356 e. The first kappa shape index (κ1) is 18.0. The number of rotatable bonds is 8. The summed E-state index contributed by atoms with van der Waals surface area (Å²) in [6.45, 7) is 5.52. The summed E-state index contributed by atoms with van der Waals surface area (Å²) in [5, 5.41) is 6.87. The van der Waals surface area contributed by atoms with E-state index in [1.54, 1.807) is 0 Å². The number of carbonyl (C=O) groups excluding carboxylic acids is 1. The van der Waals surface area contributed by atoms with E-state index >= 15 is 0 Å². The van der Waals surface area contributed by atoms with Crippen LogP contribution in [-0.4, -0.2) is 43.0 Å². The van der Waals surface area contributed by atoms with Gasteiger partial charge in [0.15, 0.2) is 0 Å². The van der Waals surface area contributed by atoms with E-state index in [1.165, 1.54) is 37.9 Å². The van der Waals surface area contributed by atoms with Crippen molar-refractivity contribution in [2.24, 2.45) is 17.8 Å². The molecule has 1 aliphatic carbocycles. The Morgan fingerprint density at radius 3 is 2.85 bits per heavy atom. The lowest BCUT2D eigenvalue weighted by Gasteiger charge is -2.46. The summed E-state index contributed by atoms with van der Waals surface area (Å²) in [7, 11) is 0. The van der Waals surface area contributed by atoms with Crippen LogP contribution in [0.3, 0.4) is 0 Å². The van der Waals surface area contributed by atoms with Crippen molar-refractivity contribution in [2.45, 2.75) is 51.1 Å². The largest absolute Gasteiger partial charge is 0.356 e. The van der Waals surface area contributed by atoms with Gasteiger partial charge in [0.1, 0.15) is 0 Å². The number of carbonyl (C=O) groups is 1. The Morgan fingerprint density at radius 2 is 2.04 bits per heavy atom. The van der Waals surface area contributed by atoms with Crippen molar-refractivity contribution in [2.75, 3.05) is 26.2 Å². The Morgan fingerprint density at radius 1 is 1.19 bits per heavy atom. The lowest BCUT2D eigenvalue weighted by molar-refractivity contribution is -0.121.